The monoisotopic (exact) mass is 501 g/mol. The van der Waals surface area contributed by atoms with E-state index in [-0.39, 0.29) is 48.9 Å². The van der Waals surface area contributed by atoms with Gasteiger partial charge in [-0.1, -0.05) is 25.1 Å². The standard InChI is InChI=1S/C27H36FN3O5/c1-18-13-31(14-20-8-6-7-9-23(20)28)19(2)16-36-24-11-10-21(29-26(32)17-34-4)12-22(24)27(33)30(3)15-25(18)35-5/h6-12,18-19,25H,13-17H2,1-5H3,(H,29,32)/t18-,19-,25-/m1/s1. The zero-order chi connectivity index (χ0) is 26.2. The van der Waals surface area contributed by atoms with Crippen molar-refractivity contribution in [3.63, 3.8) is 0 Å². The van der Waals surface area contributed by atoms with Crippen molar-refractivity contribution in [1.82, 2.24) is 9.80 Å². The predicted molar refractivity (Wildman–Crippen MR) is 136 cm³/mol. The molecule has 0 spiro atoms. The van der Waals surface area contributed by atoms with Crippen LogP contribution in [0.15, 0.2) is 42.5 Å². The van der Waals surface area contributed by atoms with Crippen molar-refractivity contribution in [2.24, 2.45) is 5.92 Å². The average molecular weight is 502 g/mol. The summed E-state index contributed by atoms with van der Waals surface area (Å²) in [6.45, 7) is 5.70. The molecule has 0 aromatic heterocycles. The SMILES string of the molecule is COCC(=O)Nc1ccc2c(c1)C(=O)N(C)C[C@@H](OC)[C@H](C)CN(Cc1ccccc1F)[C@H](C)CO2. The Hall–Kier alpha value is -3.01. The number of carbonyl (C=O) groups excluding carboxylic acids is 2. The van der Waals surface area contributed by atoms with E-state index in [0.717, 1.165) is 0 Å². The van der Waals surface area contributed by atoms with E-state index in [1.807, 2.05) is 13.0 Å². The molecular weight excluding hydrogens is 465 g/mol. The highest BCUT2D eigenvalue weighted by Crippen LogP contribution is 2.27. The van der Waals surface area contributed by atoms with Gasteiger partial charge in [0.1, 0.15) is 24.8 Å². The molecule has 0 fully saturated rings. The lowest BCUT2D eigenvalue weighted by atomic mass is 10.0. The topological polar surface area (TPSA) is 80.3 Å². The van der Waals surface area contributed by atoms with Crippen molar-refractivity contribution in [3.05, 3.63) is 59.4 Å². The quantitative estimate of drug-likeness (QED) is 0.654. The number of carbonyl (C=O) groups is 2. The summed E-state index contributed by atoms with van der Waals surface area (Å²) in [5.74, 6) is -0.335. The van der Waals surface area contributed by atoms with Crippen LogP contribution in [0.2, 0.25) is 0 Å². The molecule has 8 nitrogen and oxygen atoms in total. The number of nitrogens with zero attached hydrogens (tertiary/aromatic N) is 2. The summed E-state index contributed by atoms with van der Waals surface area (Å²) in [7, 11) is 4.79. The Balaban J connectivity index is 1.93. The number of anilines is 1. The first-order valence-corrected chi connectivity index (χ1v) is 12.0. The van der Waals surface area contributed by atoms with E-state index in [1.54, 1.807) is 49.4 Å². The van der Waals surface area contributed by atoms with Gasteiger partial charge >= 0.3 is 0 Å². The minimum atomic E-state index is -0.321. The van der Waals surface area contributed by atoms with Crippen molar-refractivity contribution in [2.45, 2.75) is 32.5 Å². The summed E-state index contributed by atoms with van der Waals surface area (Å²) >= 11 is 0. The van der Waals surface area contributed by atoms with Crippen LogP contribution in [0.1, 0.15) is 29.8 Å². The molecule has 0 bridgehead atoms. The van der Waals surface area contributed by atoms with E-state index in [4.69, 9.17) is 14.2 Å². The molecule has 1 heterocycles. The van der Waals surface area contributed by atoms with Gasteiger partial charge in [0.05, 0.1) is 11.7 Å². The van der Waals surface area contributed by atoms with Crippen LogP contribution in [0.3, 0.4) is 0 Å². The molecule has 196 valence electrons. The molecule has 3 rings (SSSR count). The summed E-state index contributed by atoms with van der Waals surface area (Å²) < 4.78 is 31.2. The van der Waals surface area contributed by atoms with Gasteiger partial charge in [0.25, 0.3) is 5.91 Å². The lowest BCUT2D eigenvalue weighted by molar-refractivity contribution is -0.119. The third kappa shape index (κ3) is 7.02. The van der Waals surface area contributed by atoms with E-state index in [0.29, 0.717) is 42.2 Å². The summed E-state index contributed by atoms with van der Waals surface area (Å²) in [6.07, 6.45) is -0.234. The normalized spacial score (nSPS) is 21.7. The number of nitrogens with one attached hydrogen (secondary N) is 1. The molecule has 1 aliphatic heterocycles. The van der Waals surface area contributed by atoms with E-state index >= 15 is 0 Å². The van der Waals surface area contributed by atoms with Gasteiger partial charge in [-0.25, -0.2) is 4.39 Å². The first-order valence-electron chi connectivity index (χ1n) is 12.0. The lowest BCUT2D eigenvalue weighted by Crippen LogP contribution is -2.46. The summed E-state index contributed by atoms with van der Waals surface area (Å²) in [5, 5.41) is 2.73. The second-order valence-electron chi connectivity index (χ2n) is 9.31. The zero-order valence-electron chi connectivity index (χ0n) is 21.6. The zero-order valence-corrected chi connectivity index (χ0v) is 21.6. The number of methoxy groups -OCH3 is 2. The van der Waals surface area contributed by atoms with Gasteiger partial charge in [0, 0.05) is 58.2 Å². The highest BCUT2D eigenvalue weighted by Gasteiger charge is 2.29. The first-order chi connectivity index (χ1) is 17.2. The fourth-order valence-electron chi connectivity index (χ4n) is 4.32. The minimum Gasteiger partial charge on any atom is -0.491 e. The van der Waals surface area contributed by atoms with Crippen molar-refractivity contribution in [2.75, 3.05) is 52.9 Å². The Morgan fingerprint density at radius 2 is 1.92 bits per heavy atom. The average Bonchev–Trinajstić information content (AvgIpc) is 2.85. The van der Waals surface area contributed by atoms with Gasteiger partial charge in [-0.15, -0.1) is 0 Å². The molecule has 9 heteroatoms. The van der Waals surface area contributed by atoms with Crippen molar-refractivity contribution < 1.29 is 28.2 Å². The molecule has 36 heavy (non-hydrogen) atoms. The smallest absolute Gasteiger partial charge is 0.257 e. The number of ether oxygens (including phenoxy) is 3. The molecular formula is C27H36FN3O5. The van der Waals surface area contributed by atoms with E-state index in [2.05, 4.69) is 17.1 Å². The van der Waals surface area contributed by atoms with Crippen molar-refractivity contribution in [3.8, 4) is 5.75 Å². The highest BCUT2D eigenvalue weighted by molar-refractivity contribution is 5.99. The number of halogens is 1. The Labute approximate surface area is 212 Å². The number of likely N-dealkylation sites (N-methyl/N-ethyl adjacent to an activating group) is 1. The molecule has 3 atom stereocenters. The molecule has 0 saturated heterocycles. The largest absolute Gasteiger partial charge is 0.491 e. The number of rotatable bonds is 6. The molecule has 1 aliphatic rings. The van der Waals surface area contributed by atoms with Gasteiger partial charge in [-0.3, -0.25) is 14.5 Å². The summed E-state index contributed by atoms with van der Waals surface area (Å²) in [5.41, 5.74) is 1.42. The third-order valence-electron chi connectivity index (χ3n) is 6.46. The number of benzene rings is 2. The van der Waals surface area contributed by atoms with Gasteiger partial charge in [-0.2, -0.15) is 0 Å². The Kier molecular flexibility index (Phi) is 9.81. The van der Waals surface area contributed by atoms with Crippen LogP contribution in [0.5, 0.6) is 5.75 Å². The van der Waals surface area contributed by atoms with Gasteiger partial charge in [0.2, 0.25) is 5.91 Å². The minimum absolute atomic E-state index is 0.0537. The van der Waals surface area contributed by atoms with Gasteiger partial charge < -0.3 is 24.4 Å². The molecule has 1 N–H and O–H groups in total. The van der Waals surface area contributed by atoms with Crippen LogP contribution in [0, 0.1) is 11.7 Å². The Morgan fingerprint density at radius 3 is 2.61 bits per heavy atom. The molecule has 0 saturated carbocycles. The number of hydrogen-bond donors (Lipinski definition) is 1. The third-order valence-corrected chi connectivity index (χ3v) is 6.46. The van der Waals surface area contributed by atoms with Crippen molar-refractivity contribution in [1.29, 1.82) is 0 Å². The molecule has 2 aromatic carbocycles. The molecule has 2 amide bonds. The van der Waals surface area contributed by atoms with Crippen LogP contribution in [-0.4, -0.2) is 81.3 Å². The maximum Gasteiger partial charge on any atom is 0.257 e. The van der Waals surface area contributed by atoms with Crippen LogP contribution >= 0.6 is 0 Å². The van der Waals surface area contributed by atoms with Crippen molar-refractivity contribution >= 4 is 17.5 Å². The Bertz CT molecular complexity index is 1050. The fraction of sp³-hybridized carbons (Fsp3) is 0.481. The fourth-order valence-corrected chi connectivity index (χ4v) is 4.32. The molecule has 2 aromatic rings. The van der Waals surface area contributed by atoms with E-state index < -0.39 is 0 Å². The summed E-state index contributed by atoms with van der Waals surface area (Å²) in [4.78, 5) is 29.2. The highest BCUT2D eigenvalue weighted by atomic mass is 19.1. The van der Waals surface area contributed by atoms with Crippen LogP contribution < -0.4 is 10.1 Å². The Morgan fingerprint density at radius 1 is 1.17 bits per heavy atom. The van der Waals surface area contributed by atoms with Gasteiger partial charge in [0.15, 0.2) is 0 Å². The number of amides is 2. The van der Waals surface area contributed by atoms with Crippen LogP contribution in [-0.2, 0) is 20.8 Å². The first kappa shape index (κ1) is 27.6. The predicted octanol–water partition coefficient (Wildman–Crippen LogP) is 3.42. The number of hydrogen-bond acceptors (Lipinski definition) is 6. The number of fused-ring (bicyclic) bond motifs is 1. The maximum atomic E-state index is 14.5. The summed E-state index contributed by atoms with van der Waals surface area (Å²) in [6, 6.07) is 11.7. The van der Waals surface area contributed by atoms with E-state index in [9.17, 15) is 14.0 Å². The maximum absolute atomic E-state index is 14.5. The van der Waals surface area contributed by atoms with Gasteiger partial charge in [-0.05, 0) is 37.1 Å². The molecule has 0 unspecified atom stereocenters. The molecule has 0 radical (unpaired) electrons. The van der Waals surface area contributed by atoms with Crippen LogP contribution in [0.4, 0.5) is 10.1 Å². The lowest BCUT2D eigenvalue weighted by Gasteiger charge is -2.36. The van der Waals surface area contributed by atoms with E-state index in [1.165, 1.54) is 13.2 Å². The second kappa shape index (κ2) is 12.8. The van der Waals surface area contributed by atoms with Crippen LogP contribution in [0.25, 0.3) is 0 Å². The second-order valence-corrected chi connectivity index (χ2v) is 9.31. The molecule has 0 aliphatic carbocycles.